The van der Waals surface area contributed by atoms with Gasteiger partial charge in [-0.05, 0) is 28.8 Å². The number of aromatic amines is 1. The molecule has 0 atom stereocenters. The van der Waals surface area contributed by atoms with Crippen LogP contribution in [0.25, 0.3) is 11.1 Å². The zero-order valence-electron chi connectivity index (χ0n) is 13.9. The van der Waals surface area contributed by atoms with Crippen molar-refractivity contribution < 1.29 is 4.79 Å². The van der Waals surface area contributed by atoms with Crippen LogP contribution in [0.3, 0.4) is 0 Å². The van der Waals surface area contributed by atoms with Gasteiger partial charge in [0.15, 0.2) is 0 Å². The van der Waals surface area contributed by atoms with Gasteiger partial charge in [-0.1, -0.05) is 47.5 Å². The van der Waals surface area contributed by atoms with Gasteiger partial charge in [0.1, 0.15) is 6.20 Å². The maximum Gasteiger partial charge on any atom is 0.345 e. The molecule has 9 heteroatoms. The highest BCUT2D eigenvalue weighted by molar-refractivity contribution is 6.36. The Bertz CT molecular complexity index is 1140. The summed E-state index contributed by atoms with van der Waals surface area (Å²) in [5.74, 6) is -0.502. The number of carbonyl (C=O) groups excluding carboxylic acids is 1. The van der Waals surface area contributed by atoms with Crippen molar-refractivity contribution in [3.63, 3.8) is 0 Å². The lowest BCUT2D eigenvalue weighted by Crippen LogP contribution is -2.32. The molecular formula is C18H14Cl2N4O3. The second-order valence-electron chi connectivity index (χ2n) is 5.82. The number of aromatic nitrogens is 3. The monoisotopic (exact) mass is 404 g/mol. The van der Waals surface area contributed by atoms with Gasteiger partial charge in [-0.25, -0.2) is 9.48 Å². The normalized spacial score (nSPS) is 10.7. The van der Waals surface area contributed by atoms with Crippen molar-refractivity contribution >= 4 is 29.1 Å². The van der Waals surface area contributed by atoms with Gasteiger partial charge in [0.25, 0.3) is 5.56 Å². The molecule has 1 aromatic heterocycles. The van der Waals surface area contributed by atoms with Crippen LogP contribution in [-0.4, -0.2) is 20.7 Å². The molecule has 3 N–H and O–H groups in total. The molecule has 0 spiro atoms. The SMILES string of the molecule is NC(=O)Cc1cccc(Cn2ncc(=O)[nH]c2=O)c1-c1ccc(Cl)cc1Cl. The van der Waals surface area contributed by atoms with E-state index in [-0.39, 0.29) is 13.0 Å². The van der Waals surface area contributed by atoms with E-state index < -0.39 is 17.2 Å². The van der Waals surface area contributed by atoms with Crippen molar-refractivity contribution in [3.05, 3.63) is 84.6 Å². The summed E-state index contributed by atoms with van der Waals surface area (Å²) in [5.41, 5.74) is 6.79. The zero-order valence-corrected chi connectivity index (χ0v) is 15.4. The third-order valence-electron chi connectivity index (χ3n) is 3.90. The maximum absolute atomic E-state index is 12.0. The molecule has 0 aliphatic carbocycles. The van der Waals surface area contributed by atoms with E-state index in [0.29, 0.717) is 32.3 Å². The molecule has 0 aliphatic rings. The summed E-state index contributed by atoms with van der Waals surface area (Å²) in [7, 11) is 0. The molecule has 7 nitrogen and oxygen atoms in total. The molecule has 0 fully saturated rings. The Labute approximate surface area is 163 Å². The number of amides is 1. The predicted molar refractivity (Wildman–Crippen MR) is 103 cm³/mol. The Morgan fingerprint density at radius 1 is 1.15 bits per heavy atom. The highest BCUT2D eigenvalue weighted by Crippen LogP contribution is 2.35. The number of H-pyrrole nitrogens is 1. The summed E-state index contributed by atoms with van der Waals surface area (Å²) < 4.78 is 1.11. The Hall–Kier alpha value is -2.90. The quantitative estimate of drug-likeness (QED) is 0.676. The average molecular weight is 405 g/mol. The summed E-state index contributed by atoms with van der Waals surface area (Å²) in [5, 5.41) is 4.71. The Morgan fingerprint density at radius 2 is 1.89 bits per heavy atom. The van der Waals surface area contributed by atoms with Gasteiger partial charge in [-0.15, -0.1) is 0 Å². The lowest BCUT2D eigenvalue weighted by Gasteiger charge is -2.16. The van der Waals surface area contributed by atoms with Crippen LogP contribution in [0.5, 0.6) is 0 Å². The molecule has 1 amide bonds. The fraction of sp³-hybridized carbons (Fsp3) is 0.111. The fourth-order valence-electron chi connectivity index (χ4n) is 2.81. The third kappa shape index (κ3) is 4.27. The first kappa shape index (κ1) is 18.9. The predicted octanol–water partition coefficient (Wildman–Crippen LogP) is 1.98. The topological polar surface area (TPSA) is 111 Å². The second-order valence-corrected chi connectivity index (χ2v) is 6.66. The smallest absolute Gasteiger partial charge is 0.345 e. The number of halogens is 2. The number of nitrogens with two attached hydrogens (primary N) is 1. The van der Waals surface area contributed by atoms with Crippen molar-refractivity contribution in [2.45, 2.75) is 13.0 Å². The van der Waals surface area contributed by atoms with Crippen LogP contribution in [-0.2, 0) is 17.8 Å². The zero-order chi connectivity index (χ0) is 19.6. The first-order valence-corrected chi connectivity index (χ1v) is 8.61. The van der Waals surface area contributed by atoms with E-state index in [2.05, 4.69) is 10.1 Å². The van der Waals surface area contributed by atoms with E-state index in [4.69, 9.17) is 28.9 Å². The molecule has 3 aromatic rings. The van der Waals surface area contributed by atoms with E-state index in [1.165, 1.54) is 0 Å². The molecule has 138 valence electrons. The number of hydrogen-bond acceptors (Lipinski definition) is 4. The van der Waals surface area contributed by atoms with Crippen molar-refractivity contribution in [1.82, 2.24) is 14.8 Å². The van der Waals surface area contributed by atoms with Crippen molar-refractivity contribution in [2.24, 2.45) is 5.73 Å². The van der Waals surface area contributed by atoms with Gasteiger partial charge in [-0.3, -0.25) is 14.6 Å². The minimum atomic E-state index is -0.643. The van der Waals surface area contributed by atoms with Gasteiger partial charge in [0.2, 0.25) is 5.91 Å². The first-order chi connectivity index (χ1) is 12.8. The van der Waals surface area contributed by atoms with Gasteiger partial charge < -0.3 is 5.73 Å². The summed E-state index contributed by atoms with van der Waals surface area (Å²) in [4.78, 5) is 36.9. The summed E-state index contributed by atoms with van der Waals surface area (Å²) >= 11 is 12.4. The van der Waals surface area contributed by atoms with Crippen LogP contribution in [0.15, 0.2) is 52.2 Å². The molecule has 0 radical (unpaired) electrons. The Balaban J connectivity index is 2.20. The molecule has 0 saturated heterocycles. The molecule has 1 heterocycles. The highest BCUT2D eigenvalue weighted by Gasteiger charge is 2.16. The van der Waals surface area contributed by atoms with E-state index >= 15 is 0 Å². The summed E-state index contributed by atoms with van der Waals surface area (Å²) in [6, 6.07) is 10.3. The maximum atomic E-state index is 12.0. The van der Waals surface area contributed by atoms with E-state index in [9.17, 15) is 14.4 Å². The minimum absolute atomic E-state index is 0.00389. The Morgan fingerprint density at radius 3 is 2.56 bits per heavy atom. The molecule has 0 bridgehead atoms. The second kappa shape index (κ2) is 7.77. The lowest BCUT2D eigenvalue weighted by atomic mass is 9.92. The largest absolute Gasteiger partial charge is 0.369 e. The molecule has 0 aliphatic heterocycles. The summed E-state index contributed by atoms with van der Waals surface area (Å²) in [6.45, 7) is 0.0660. The Kier molecular flexibility index (Phi) is 5.43. The third-order valence-corrected chi connectivity index (χ3v) is 4.45. The number of primary amides is 1. The minimum Gasteiger partial charge on any atom is -0.369 e. The van der Waals surface area contributed by atoms with Crippen molar-refractivity contribution in [1.29, 1.82) is 0 Å². The first-order valence-electron chi connectivity index (χ1n) is 7.86. The highest BCUT2D eigenvalue weighted by atomic mass is 35.5. The number of nitrogens with zero attached hydrogens (tertiary/aromatic N) is 2. The lowest BCUT2D eigenvalue weighted by molar-refractivity contribution is -0.117. The number of benzene rings is 2. The molecular weight excluding hydrogens is 391 g/mol. The molecule has 0 saturated carbocycles. The van der Waals surface area contributed by atoms with Gasteiger partial charge in [0, 0.05) is 15.6 Å². The van der Waals surface area contributed by atoms with Crippen LogP contribution >= 0.6 is 23.2 Å². The van der Waals surface area contributed by atoms with Gasteiger partial charge >= 0.3 is 5.69 Å². The van der Waals surface area contributed by atoms with E-state index in [0.717, 1.165) is 10.9 Å². The van der Waals surface area contributed by atoms with E-state index in [1.54, 1.807) is 36.4 Å². The van der Waals surface area contributed by atoms with Crippen LogP contribution in [0.1, 0.15) is 11.1 Å². The standard InChI is InChI=1S/C18H14Cl2N4O3/c19-12-4-5-13(14(20)7-12)17-10(6-15(21)25)2-1-3-11(17)9-24-18(27)23-16(26)8-22-24/h1-5,7-8H,6,9H2,(H2,21,25)(H,23,26,27). The van der Waals surface area contributed by atoms with Gasteiger partial charge in [-0.2, -0.15) is 5.10 Å². The number of nitrogens with one attached hydrogen (secondary N) is 1. The fourth-order valence-corrected chi connectivity index (χ4v) is 3.31. The molecule has 27 heavy (non-hydrogen) atoms. The van der Waals surface area contributed by atoms with Crippen LogP contribution < -0.4 is 17.0 Å². The van der Waals surface area contributed by atoms with Gasteiger partial charge in [0.05, 0.1) is 13.0 Å². The van der Waals surface area contributed by atoms with Crippen molar-refractivity contribution in [3.8, 4) is 11.1 Å². The number of carbonyl (C=O) groups is 1. The average Bonchev–Trinajstić information content (AvgIpc) is 2.58. The van der Waals surface area contributed by atoms with Crippen molar-refractivity contribution in [2.75, 3.05) is 0 Å². The molecule has 3 rings (SSSR count). The number of hydrogen-bond donors (Lipinski definition) is 2. The molecule has 2 aromatic carbocycles. The van der Waals surface area contributed by atoms with Crippen LogP contribution in [0.4, 0.5) is 0 Å². The van der Waals surface area contributed by atoms with E-state index in [1.807, 2.05) is 0 Å². The number of rotatable bonds is 5. The van der Waals surface area contributed by atoms with Crippen LogP contribution in [0, 0.1) is 0 Å². The summed E-state index contributed by atoms with van der Waals surface area (Å²) in [6.07, 6.45) is 1.01. The molecule has 0 unspecified atom stereocenters. The van der Waals surface area contributed by atoms with Crippen LogP contribution in [0.2, 0.25) is 10.0 Å².